The highest BCUT2D eigenvalue weighted by Gasteiger charge is 2.19. The SMILES string of the molecule is CCCN(CC(=O)NC(=O)OCC)CC1CCCNC1. The smallest absolute Gasteiger partial charge is 0.413 e. The second-order valence-electron chi connectivity index (χ2n) is 5.22. The van der Waals surface area contributed by atoms with Gasteiger partial charge in [0.1, 0.15) is 0 Å². The van der Waals surface area contributed by atoms with E-state index in [0.717, 1.165) is 32.6 Å². The summed E-state index contributed by atoms with van der Waals surface area (Å²) in [6.45, 7) is 8.20. The number of nitrogens with one attached hydrogen (secondary N) is 2. The fourth-order valence-corrected chi connectivity index (χ4v) is 2.52. The number of carbonyl (C=O) groups is 2. The van der Waals surface area contributed by atoms with Crippen LogP contribution in [0, 0.1) is 5.92 Å². The predicted molar refractivity (Wildman–Crippen MR) is 77.5 cm³/mol. The summed E-state index contributed by atoms with van der Waals surface area (Å²) < 4.78 is 4.70. The van der Waals surface area contributed by atoms with Crippen LogP contribution in [0.3, 0.4) is 0 Å². The third kappa shape index (κ3) is 6.86. The number of hydrogen-bond donors (Lipinski definition) is 2. The molecule has 1 rings (SSSR count). The summed E-state index contributed by atoms with van der Waals surface area (Å²) in [5.74, 6) is 0.298. The topological polar surface area (TPSA) is 70.7 Å². The van der Waals surface area contributed by atoms with E-state index in [1.54, 1.807) is 6.92 Å². The van der Waals surface area contributed by atoms with E-state index < -0.39 is 6.09 Å². The first-order chi connectivity index (χ1) is 9.65. The Balaban J connectivity index is 2.36. The first-order valence-corrected chi connectivity index (χ1v) is 7.55. The molecule has 0 bridgehead atoms. The van der Waals surface area contributed by atoms with Crippen molar-refractivity contribution in [1.29, 1.82) is 0 Å². The Morgan fingerprint density at radius 1 is 1.40 bits per heavy atom. The molecule has 2 N–H and O–H groups in total. The zero-order valence-electron chi connectivity index (χ0n) is 12.6. The van der Waals surface area contributed by atoms with Crippen LogP contribution in [-0.2, 0) is 9.53 Å². The molecule has 1 fully saturated rings. The Hall–Kier alpha value is -1.14. The molecule has 0 radical (unpaired) electrons. The number of nitrogens with zero attached hydrogens (tertiary/aromatic N) is 1. The second kappa shape index (κ2) is 9.72. The summed E-state index contributed by atoms with van der Waals surface area (Å²) in [7, 11) is 0. The van der Waals surface area contributed by atoms with Gasteiger partial charge in [-0.1, -0.05) is 6.92 Å². The summed E-state index contributed by atoms with van der Waals surface area (Å²) in [4.78, 5) is 25.1. The van der Waals surface area contributed by atoms with Crippen molar-refractivity contribution in [2.45, 2.75) is 33.1 Å². The van der Waals surface area contributed by atoms with Crippen molar-refractivity contribution in [2.24, 2.45) is 5.92 Å². The molecule has 0 aromatic heterocycles. The average molecular weight is 285 g/mol. The molecule has 0 aromatic rings. The molecule has 0 spiro atoms. The maximum Gasteiger partial charge on any atom is 0.413 e. The van der Waals surface area contributed by atoms with Crippen LogP contribution in [0.25, 0.3) is 0 Å². The molecule has 0 saturated carbocycles. The maximum absolute atomic E-state index is 11.8. The van der Waals surface area contributed by atoms with Crippen molar-refractivity contribution in [3.05, 3.63) is 0 Å². The van der Waals surface area contributed by atoms with E-state index in [1.165, 1.54) is 12.8 Å². The van der Waals surface area contributed by atoms with E-state index in [4.69, 9.17) is 4.74 Å². The lowest BCUT2D eigenvalue weighted by Crippen LogP contribution is -2.44. The Morgan fingerprint density at radius 2 is 2.20 bits per heavy atom. The number of hydrogen-bond acceptors (Lipinski definition) is 5. The van der Waals surface area contributed by atoms with Gasteiger partial charge in [-0.2, -0.15) is 0 Å². The summed E-state index contributed by atoms with van der Waals surface area (Å²) in [5.41, 5.74) is 0. The average Bonchev–Trinajstić information content (AvgIpc) is 2.40. The zero-order valence-corrected chi connectivity index (χ0v) is 12.6. The third-order valence-electron chi connectivity index (χ3n) is 3.34. The van der Waals surface area contributed by atoms with E-state index in [0.29, 0.717) is 5.92 Å². The first kappa shape index (κ1) is 16.9. The monoisotopic (exact) mass is 285 g/mol. The number of ether oxygens (including phenoxy) is 1. The molecule has 1 atom stereocenters. The molecule has 116 valence electrons. The highest BCUT2D eigenvalue weighted by Crippen LogP contribution is 2.11. The van der Waals surface area contributed by atoms with Gasteiger partial charge in [0.25, 0.3) is 0 Å². The summed E-state index contributed by atoms with van der Waals surface area (Å²) in [5, 5.41) is 5.63. The number of rotatable bonds is 7. The summed E-state index contributed by atoms with van der Waals surface area (Å²) >= 11 is 0. The molecule has 20 heavy (non-hydrogen) atoms. The minimum Gasteiger partial charge on any atom is -0.450 e. The van der Waals surface area contributed by atoms with Gasteiger partial charge in [-0.15, -0.1) is 0 Å². The fourth-order valence-electron chi connectivity index (χ4n) is 2.52. The van der Waals surface area contributed by atoms with Gasteiger partial charge in [0.2, 0.25) is 5.91 Å². The molecule has 1 aliphatic heterocycles. The lowest BCUT2D eigenvalue weighted by Gasteiger charge is -2.29. The van der Waals surface area contributed by atoms with Gasteiger partial charge in [-0.05, 0) is 51.7 Å². The van der Waals surface area contributed by atoms with Crippen molar-refractivity contribution in [3.8, 4) is 0 Å². The highest BCUT2D eigenvalue weighted by molar-refractivity contribution is 5.92. The zero-order chi connectivity index (χ0) is 14.8. The summed E-state index contributed by atoms with van der Waals surface area (Å²) in [6.07, 6.45) is 2.73. The molecule has 1 aliphatic rings. The minimum absolute atomic E-state index is 0.253. The molecule has 6 nitrogen and oxygen atoms in total. The van der Waals surface area contributed by atoms with Crippen LogP contribution in [0.4, 0.5) is 4.79 Å². The number of carbonyl (C=O) groups excluding carboxylic acids is 2. The molecule has 0 aliphatic carbocycles. The van der Waals surface area contributed by atoms with Crippen molar-refractivity contribution in [1.82, 2.24) is 15.5 Å². The van der Waals surface area contributed by atoms with E-state index in [-0.39, 0.29) is 19.1 Å². The number of alkyl carbamates (subject to hydrolysis) is 1. The van der Waals surface area contributed by atoms with Crippen molar-refractivity contribution in [3.63, 3.8) is 0 Å². The lowest BCUT2D eigenvalue weighted by atomic mass is 9.99. The van der Waals surface area contributed by atoms with Gasteiger partial charge in [-0.25, -0.2) is 4.79 Å². The third-order valence-corrected chi connectivity index (χ3v) is 3.34. The van der Waals surface area contributed by atoms with Crippen LogP contribution < -0.4 is 10.6 Å². The maximum atomic E-state index is 11.8. The van der Waals surface area contributed by atoms with Crippen LogP contribution >= 0.6 is 0 Å². The quantitative estimate of drug-likeness (QED) is 0.729. The molecular weight excluding hydrogens is 258 g/mol. The van der Waals surface area contributed by atoms with Gasteiger partial charge in [0.05, 0.1) is 13.2 Å². The molecular formula is C14H27N3O3. The molecule has 1 saturated heterocycles. The van der Waals surface area contributed by atoms with E-state index >= 15 is 0 Å². The number of imide groups is 1. The van der Waals surface area contributed by atoms with E-state index in [1.807, 2.05) is 0 Å². The normalized spacial score (nSPS) is 18.9. The molecule has 0 aromatic carbocycles. The van der Waals surface area contributed by atoms with Crippen LogP contribution in [0.2, 0.25) is 0 Å². The van der Waals surface area contributed by atoms with Crippen molar-refractivity contribution >= 4 is 12.0 Å². The summed E-state index contributed by atoms with van der Waals surface area (Å²) in [6, 6.07) is 0. The predicted octanol–water partition coefficient (Wildman–Crippen LogP) is 0.971. The second-order valence-corrected chi connectivity index (χ2v) is 5.22. The molecule has 2 amide bonds. The Kier molecular flexibility index (Phi) is 8.22. The Morgan fingerprint density at radius 3 is 2.80 bits per heavy atom. The van der Waals surface area contributed by atoms with Crippen LogP contribution in [0.15, 0.2) is 0 Å². The molecule has 1 unspecified atom stereocenters. The Bertz CT molecular complexity index is 304. The van der Waals surface area contributed by atoms with Crippen LogP contribution in [-0.4, -0.2) is 56.2 Å². The molecule has 1 heterocycles. The largest absolute Gasteiger partial charge is 0.450 e. The molecule has 6 heteroatoms. The van der Waals surface area contributed by atoms with Crippen molar-refractivity contribution in [2.75, 3.05) is 39.3 Å². The van der Waals surface area contributed by atoms with E-state index in [9.17, 15) is 9.59 Å². The van der Waals surface area contributed by atoms with Gasteiger partial charge in [-0.3, -0.25) is 15.0 Å². The van der Waals surface area contributed by atoms with Gasteiger partial charge >= 0.3 is 6.09 Å². The number of amides is 2. The van der Waals surface area contributed by atoms with Crippen molar-refractivity contribution < 1.29 is 14.3 Å². The van der Waals surface area contributed by atoms with Gasteiger partial charge in [0.15, 0.2) is 0 Å². The standard InChI is InChI=1S/C14H27N3O3/c1-3-8-17(10-12-6-5-7-15-9-12)11-13(18)16-14(19)20-4-2/h12,15H,3-11H2,1-2H3,(H,16,18,19). The highest BCUT2D eigenvalue weighted by atomic mass is 16.5. The Labute approximate surface area is 121 Å². The number of piperidine rings is 1. The minimum atomic E-state index is -0.659. The van der Waals surface area contributed by atoms with Gasteiger partial charge < -0.3 is 10.1 Å². The van der Waals surface area contributed by atoms with Crippen LogP contribution in [0.5, 0.6) is 0 Å². The fraction of sp³-hybridized carbons (Fsp3) is 0.857. The van der Waals surface area contributed by atoms with E-state index in [2.05, 4.69) is 22.5 Å². The lowest BCUT2D eigenvalue weighted by molar-refractivity contribution is -0.121. The van der Waals surface area contributed by atoms with Crippen LogP contribution in [0.1, 0.15) is 33.1 Å². The van der Waals surface area contributed by atoms with Gasteiger partial charge in [0, 0.05) is 6.54 Å². The first-order valence-electron chi connectivity index (χ1n) is 7.55.